The lowest BCUT2D eigenvalue weighted by Crippen LogP contribution is -2.47. The number of hydrogen-bond donors (Lipinski definition) is 2. The number of carbonyl (C=O) groups excluding carboxylic acids is 1. The Hall–Kier alpha value is -2.29. The average Bonchev–Trinajstić information content (AvgIpc) is 2.71. The quantitative estimate of drug-likeness (QED) is 0.372. The number of benzene rings is 2. The molecule has 0 radical (unpaired) electrons. The van der Waals surface area contributed by atoms with E-state index in [4.69, 9.17) is 0 Å². The van der Waals surface area contributed by atoms with Crippen molar-refractivity contribution in [2.75, 3.05) is 38.6 Å². The fraction of sp³-hybridized carbons (Fsp3) is 0.364. The Bertz CT molecular complexity index is 820. The molecule has 0 aliphatic carbocycles. The van der Waals surface area contributed by atoms with Gasteiger partial charge in [0.25, 0.3) is 0 Å². The molecule has 0 spiro atoms. The lowest BCUT2D eigenvalue weighted by atomic mass is 10.1. The van der Waals surface area contributed by atoms with Gasteiger partial charge in [0.05, 0.1) is 6.54 Å². The topological polar surface area (TPSA) is 60.0 Å². The highest BCUT2D eigenvalue weighted by atomic mass is 127. The molecule has 1 aliphatic heterocycles. The first-order valence-electron chi connectivity index (χ1n) is 9.63. The molecule has 0 atom stereocenters. The molecule has 2 aromatic rings. The van der Waals surface area contributed by atoms with Gasteiger partial charge in [-0.15, -0.1) is 24.0 Å². The molecule has 1 heterocycles. The molecule has 1 amide bonds. The minimum Gasteiger partial charge on any atom is -0.360 e. The van der Waals surface area contributed by atoms with E-state index in [1.54, 1.807) is 7.05 Å². The first-order valence-corrected chi connectivity index (χ1v) is 9.63. The summed E-state index contributed by atoms with van der Waals surface area (Å²) < 4.78 is 0. The summed E-state index contributed by atoms with van der Waals surface area (Å²) in [6.45, 7) is 5.57. The van der Waals surface area contributed by atoms with Crippen LogP contribution < -0.4 is 15.5 Å². The lowest BCUT2D eigenvalue weighted by Gasteiger charge is -2.28. The number of nitrogens with zero attached hydrogens (tertiary/aromatic N) is 3. The SMILES string of the molecule is CN=C(NCc1ccc(N2CCNC(=O)C2)cc1)N(C)Cc1ccc(C)cc1.I. The maximum Gasteiger partial charge on any atom is 0.239 e. The van der Waals surface area contributed by atoms with Crippen LogP contribution in [0.4, 0.5) is 5.69 Å². The Balaban J connectivity index is 0.00000300. The largest absolute Gasteiger partial charge is 0.360 e. The van der Waals surface area contributed by atoms with Crippen LogP contribution in [0.2, 0.25) is 0 Å². The smallest absolute Gasteiger partial charge is 0.239 e. The van der Waals surface area contributed by atoms with Crippen LogP contribution in [-0.4, -0.2) is 50.5 Å². The van der Waals surface area contributed by atoms with Crippen molar-refractivity contribution in [1.29, 1.82) is 0 Å². The van der Waals surface area contributed by atoms with Gasteiger partial charge >= 0.3 is 0 Å². The fourth-order valence-corrected chi connectivity index (χ4v) is 3.29. The molecular weight excluding hydrogens is 477 g/mol. The molecule has 7 heteroatoms. The number of piperazine rings is 1. The lowest BCUT2D eigenvalue weighted by molar-refractivity contribution is -0.120. The second-order valence-corrected chi connectivity index (χ2v) is 7.18. The van der Waals surface area contributed by atoms with Gasteiger partial charge in [-0.3, -0.25) is 9.79 Å². The van der Waals surface area contributed by atoms with Gasteiger partial charge in [0.15, 0.2) is 5.96 Å². The summed E-state index contributed by atoms with van der Waals surface area (Å²) in [5, 5.41) is 6.28. The molecule has 1 saturated heterocycles. The molecule has 6 nitrogen and oxygen atoms in total. The van der Waals surface area contributed by atoms with Gasteiger partial charge in [-0.05, 0) is 30.2 Å². The molecule has 156 valence electrons. The summed E-state index contributed by atoms with van der Waals surface area (Å²) in [4.78, 5) is 20.2. The van der Waals surface area contributed by atoms with Crippen molar-refractivity contribution in [3.63, 3.8) is 0 Å². The second kappa shape index (κ2) is 11.0. The summed E-state index contributed by atoms with van der Waals surface area (Å²) in [6.07, 6.45) is 0. The van der Waals surface area contributed by atoms with Crippen molar-refractivity contribution in [3.05, 3.63) is 65.2 Å². The summed E-state index contributed by atoms with van der Waals surface area (Å²) in [5.74, 6) is 0.940. The van der Waals surface area contributed by atoms with E-state index in [1.165, 1.54) is 16.7 Å². The van der Waals surface area contributed by atoms with E-state index in [1.807, 2.05) is 7.05 Å². The predicted octanol–water partition coefficient (Wildman–Crippen LogP) is 2.76. The second-order valence-electron chi connectivity index (χ2n) is 7.18. The number of carbonyl (C=O) groups is 1. The van der Waals surface area contributed by atoms with Crippen LogP contribution in [0.3, 0.4) is 0 Å². The van der Waals surface area contributed by atoms with Crippen LogP contribution in [0.5, 0.6) is 0 Å². The highest BCUT2D eigenvalue weighted by Gasteiger charge is 2.16. The highest BCUT2D eigenvalue weighted by molar-refractivity contribution is 14.0. The van der Waals surface area contributed by atoms with Crippen LogP contribution in [0.1, 0.15) is 16.7 Å². The van der Waals surface area contributed by atoms with E-state index in [0.717, 1.165) is 24.7 Å². The Labute approximate surface area is 190 Å². The number of aryl methyl sites for hydroxylation is 1. The number of hydrogen-bond acceptors (Lipinski definition) is 3. The minimum absolute atomic E-state index is 0. The molecule has 2 N–H and O–H groups in total. The van der Waals surface area contributed by atoms with E-state index in [0.29, 0.717) is 19.6 Å². The van der Waals surface area contributed by atoms with E-state index in [2.05, 4.69) is 80.9 Å². The molecule has 0 aromatic heterocycles. The molecule has 1 aliphatic rings. The van der Waals surface area contributed by atoms with Crippen LogP contribution >= 0.6 is 24.0 Å². The summed E-state index contributed by atoms with van der Waals surface area (Å²) in [7, 11) is 3.85. The third kappa shape index (κ3) is 6.62. The third-order valence-corrected chi connectivity index (χ3v) is 4.90. The molecule has 3 rings (SSSR count). The van der Waals surface area contributed by atoms with Gasteiger partial charge in [0, 0.05) is 46.0 Å². The molecule has 2 aromatic carbocycles. The Morgan fingerprint density at radius 1 is 1.14 bits per heavy atom. The highest BCUT2D eigenvalue weighted by Crippen LogP contribution is 2.16. The van der Waals surface area contributed by atoms with E-state index >= 15 is 0 Å². The standard InChI is InChI=1S/C22H29N5O.HI/c1-17-4-6-19(7-5-17)15-26(3)22(23-2)25-14-18-8-10-20(11-9-18)27-13-12-24-21(28)16-27;/h4-11H,12-16H2,1-3H3,(H,23,25)(H,24,28);1H. The predicted molar refractivity (Wildman–Crippen MR) is 130 cm³/mol. The third-order valence-electron chi connectivity index (χ3n) is 4.90. The number of amides is 1. The zero-order valence-electron chi connectivity index (χ0n) is 17.3. The maximum atomic E-state index is 11.6. The fourth-order valence-electron chi connectivity index (χ4n) is 3.29. The molecule has 0 unspecified atom stereocenters. The number of anilines is 1. The minimum atomic E-state index is 0. The zero-order chi connectivity index (χ0) is 19.9. The number of rotatable bonds is 5. The van der Waals surface area contributed by atoms with Crippen molar-refractivity contribution in [1.82, 2.24) is 15.5 Å². The summed E-state index contributed by atoms with van der Waals surface area (Å²) >= 11 is 0. The Morgan fingerprint density at radius 2 is 1.79 bits per heavy atom. The number of nitrogens with one attached hydrogen (secondary N) is 2. The monoisotopic (exact) mass is 507 g/mol. The summed E-state index contributed by atoms with van der Waals surface area (Å²) in [6, 6.07) is 16.9. The van der Waals surface area contributed by atoms with E-state index < -0.39 is 0 Å². The molecular formula is C22H30IN5O. The number of halogens is 1. The molecule has 0 saturated carbocycles. The maximum absolute atomic E-state index is 11.6. The normalized spacial score (nSPS) is 14.1. The summed E-state index contributed by atoms with van der Waals surface area (Å²) in [5.41, 5.74) is 4.78. The van der Waals surface area contributed by atoms with Crippen molar-refractivity contribution in [2.45, 2.75) is 20.0 Å². The zero-order valence-corrected chi connectivity index (χ0v) is 19.6. The van der Waals surface area contributed by atoms with Crippen LogP contribution in [0, 0.1) is 6.92 Å². The van der Waals surface area contributed by atoms with Crippen molar-refractivity contribution in [2.24, 2.45) is 4.99 Å². The van der Waals surface area contributed by atoms with E-state index in [-0.39, 0.29) is 29.9 Å². The van der Waals surface area contributed by atoms with Gasteiger partial charge in [-0.2, -0.15) is 0 Å². The van der Waals surface area contributed by atoms with Gasteiger partial charge in [0.1, 0.15) is 0 Å². The first-order chi connectivity index (χ1) is 13.5. The van der Waals surface area contributed by atoms with Gasteiger partial charge < -0.3 is 20.4 Å². The van der Waals surface area contributed by atoms with Gasteiger partial charge in [0.2, 0.25) is 5.91 Å². The van der Waals surface area contributed by atoms with Crippen molar-refractivity contribution < 1.29 is 4.79 Å². The first kappa shape index (κ1) is 23.0. The Kier molecular flexibility index (Phi) is 8.75. The Morgan fingerprint density at radius 3 is 2.41 bits per heavy atom. The van der Waals surface area contributed by atoms with Crippen LogP contribution in [0.25, 0.3) is 0 Å². The molecule has 29 heavy (non-hydrogen) atoms. The molecule has 0 bridgehead atoms. The number of guanidine groups is 1. The van der Waals surface area contributed by atoms with Crippen LogP contribution in [0.15, 0.2) is 53.5 Å². The van der Waals surface area contributed by atoms with E-state index in [9.17, 15) is 4.79 Å². The molecule has 1 fully saturated rings. The average molecular weight is 507 g/mol. The number of aliphatic imine (C=N–C) groups is 1. The van der Waals surface area contributed by atoms with Gasteiger partial charge in [-0.25, -0.2) is 0 Å². The van der Waals surface area contributed by atoms with Crippen molar-refractivity contribution >= 4 is 41.5 Å². The van der Waals surface area contributed by atoms with Crippen LogP contribution in [-0.2, 0) is 17.9 Å². The van der Waals surface area contributed by atoms with Gasteiger partial charge in [-0.1, -0.05) is 42.0 Å². The van der Waals surface area contributed by atoms with Crippen molar-refractivity contribution in [3.8, 4) is 0 Å².